The van der Waals surface area contributed by atoms with Gasteiger partial charge in [-0.2, -0.15) is 0 Å². The fraction of sp³-hybridized carbons (Fsp3) is 0.630. The largest absolute Gasteiger partial charge is 0.376 e. The van der Waals surface area contributed by atoms with Crippen LogP contribution in [0, 0.1) is 17.8 Å². The Morgan fingerprint density at radius 1 is 0.929 bits per heavy atom. The molecule has 2 aliphatic carbocycles. The van der Waals surface area contributed by atoms with Crippen molar-refractivity contribution in [3.63, 3.8) is 0 Å². The lowest BCUT2D eigenvalue weighted by Gasteiger charge is -2.37. The summed E-state index contributed by atoms with van der Waals surface area (Å²) in [7, 11) is 0. The summed E-state index contributed by atoms with van der Waals surface area (Å²) in [5, 5.41) is 0. The van der Waals surface area contributed by atoms with Crippen molar-refractivity contribution < 1.29 is 4.74 Å². The van der Waals surface area contributed by atoms with Crippen molar-refractivity contribution in [2.45, 2.75) is 83.7 Å². The average Bonchev–Trinajstić information content (AvgIpc) is 2.76. The van der Waals surface area contributed by atoms with Gasteiger partial charge in [-0.05, 0) is 99.0 Å². The molecule has 0 atom stereocenters. The van der Waals surface area contributed by atoms with Gasteiger partial charge >= 0.3 is 0 Å². The SMILES string of the molecule is C=CCCOCc1ccc(C2CCC(C3CCC(C=CCC)CC3)CC2)cc1. The Bertz CT molecular complexity index is 583. The van der Waals surface area contributed by atoms with Crippen molar-refractivity contribution >= 4 is 0 Å². The van der Waals surface area contributed by atoms with Gasteiger partial charge in [-0.25, -0.2) is 0 Å². The van der Waals surface area contributed by atoms with E-state index in [0.717, 1.165) is 43.3 Å². The fourth-order valence-electron chi connectivity index (χ4n) is 5.30. The Morgan fingerprint density at radius 2 is 1.57 bits per heavy atom. The molecule has 1 nitrogen and oxygen atoms in total. The van der Waals surface area contributed by atoms with Crippen LogP contribution in [0.2, 0.25) is 0 Å². The van der Waals surface area contributed by atoms with Gasteiger partial charge < -0.3 is 4.74 Å². The molecule has 2 aliphatic rings. The van der Waals surface area contributed by atoms with Crippen LogP contribution in [-0.4, -0.2) is 6.61 Å². The molecule has 0 amide bonds. The number of hydrogen-bond acceptors (Lipinski definition) is 1. The lowest BCUT2D eigenvalue weighted by molar-refractivity contribution is 0.125. The van der Waals surface area contributed by atoms with Crippen LogP contribution < -0.4 is 0 Å². The maximum absolute atomic E-state index is 5.68. The average molecular weight is 381 g/mol. The van der Waals surface area contributed by atoms with Crippen LogP contribution in [0.5, 0.6) is 0 Å². The lowest BCUT2D eigenvalue weighted by atomic mass is 9.68. The van der Waals surface area contributed by atoms with E-state index in [2.05, 4.69) is 49.9 Å². The van der Waals surface area contributed by atoms with Crippen LogP contribution in [0.15, 0.2) is 49.1 Å². The molecule has 2 fully saturated rings. The van der Waals surface area contributed by atoms with Crippen LogP contribution in [0.3, 0.4) is 0 Å². The molecule has 28 heavy (non-hydrogen) atoms. The van der Waals surface area contributed by atoms with Crippen LogP contribution in [0.25, 0.3) is 0 Å². The van der Waals surface area contributed by atoms with Crippen molar-refractivity contribution in [3.05, 3.63) is 60.2 Å². The summed E-state index contributed by atoms with van der Waals surface area (Å²) < 4.78 is 5.68. The number of ether oxygens (including phenoxy) is 1. The second-order valence-electron chi connectivity index (χ2n) is 8.99. The molecule has 0 aliphatic heterocycles. The molecule has 154 valence electrons. The maximum Gasteiger partial charge on any atom is 0.0717 e. The van der Waals surface area contributed by atoms with Gasteiger partial charge in [-0.15, -0.1) is 6.58 Å². The standard InChI is InChI=1S/C27H40O/c1-3-5-7-22-8-12-24(13-9-22)26-16-18-27(19-17-26)25-14-10-23(11-15-25)21-28-20-6-4-2/h4-5,7,10-11,14-15,22,24,26-27H,2-3,6,8-9,12-13,16-21H2,1H3. The molecule has 1 aromatic carbocycles. The maximum atomic E-state index is 5.68. The molecule has 0 unspecified atom stereocenters. The first-order valence-corrected chi connectivity index (χ1v) is 11.7. The third-order valence-electron chi connectivity index (χ3n) is 7.09. The summed E-state index contributed by atoms with van der Waals surface area (Å²) in [5.41, 5.74) is 2.83. The fourth-order valence-corrected chi connectivity index (χ4v) is 5.30. The molecule has 3 rings (SSSR count). The molecule has 0 heterocycles. The van der Waals surface area contributed by atoms with Gasteiger partial charge in [0.15, 0.2) is 0 Å². The number of rotatable bonds is 9. The van der Waals surface area contributed by atoms with Gasteiger partial charge in [0.05, 0.1) is 13.2 Å². The van der Waals surface area contributed by atoms with E-state index >= 15 is 0 Å². The third kappa shape index (κ3) is 6.34. The first-order chi connectivity index (χ1) is 13.8. The molecule has 0 bridgehead atoms. The summed E-state index contributed by atoms with van der Waals surface area (Å²) in [6.45, 7) is 7.47. The lowest BCUT2D eigenvalue weighted by Crippen LogP contribution is -2.25. The Labute approximate surface area is 173 Å². The summed E-state index contributed by atoms with van der Waals surface area (Å²) in [5.74, 6) is 3.63. The van der Waals surface area contributed by atoms with Crippen molar-refractivity contribution in [1.82, 2.24) is 0 Å². The summed E-state index contributed by atoms with van der Waals surface area (Å²) in [6, 6.07) is 9.23. The van der Waals surface area contributed by atoms with E-state index in [9.17, 15) is 0 Å². The van der Waals surface area contributed by atoms with Crippen molar-refractivity contribution in [3.8, 4) is 0 Å². The normalized spacial score (nSPS) is 28.5. The highest BCUT2D eigenvalue weighted by Crippen LogP contribution is 2.44. The van der Waals surface area contributed by atoms with Gasteiger partial charge in [0, 0.05) is 0 Å². The minimum absolute atomic E-state index is 0.719. The highest BCUT2D eigenvalue weighted by molar-refractivity contribution is 5.25. The van der Waals surface area contributed by atoms with E-state index in [4.69, 9.17) is 4.74 Å². The quantitative estimate of drug-likeness (QED) is 0.313. The minimum Gasteiger partial charge on any atom is -0.376 e. The van der Waals surface area contributed by atoms with E-state index in [-0.39, 0.29) is 0 Å². The zero-order valence-electron chi connectivity index (χ0n) is 18.0. The Morgan fingerprint density at radius 3 is 2.18 bits per heavy atom. The number of allylic oxidation sites excluding steroid dienone is 2. The summed E-state index contributed by atoms with van der Waals surface area (Å²) in [6.07, 6.45) is 20.3. The molecular formula is C27H40O. The van der Waals surface area contributed by atoms with Gasteiger partial charge in [0.1, 0.15) is 0 Å². The van der Waals surface area contributed by atoms with Crippen molar-refractivity contribution in [2.75, 3.05) is 6.61 Å². The van der Waals surface area contributed by atoms with E-state index < -0.39 is 0 Å². The van der Waals surface area contributed by atoms with Gasteiger partial charge in [0.2, 0.25) is 0 Å². The van der Waals surface area contributed by atoms with Gasteiger partial charge in [-0.1, -0.05) is 49.4 Å². The van der Waals surface area contributed by atoms with Crippen LogP contribution in [0.1, 0.15) is 88.2 Å². The summed E-state index contributed by atoms with van der Waals surface area (Å²) in [4.78, 5) is 0. The second kappa shape index (κ2) is 11.6. The smallest absolute Gasteiger partial charge is 0.0717 e. The number of benzene rings is 1. The van der Waals surface area contributed by atoms with Crippen LogP contribution >= 0.6 is 0 Å². The van der Waals surface area contributed by atoms with E-state index in [1.807, 2.05) is 6.08 Å². The zero-order chi connectivity index (χ0) is 19.6. The van der Waals surface area contributed by atoms with Crippen LogP contribution in [0.4, 0.5) is 0 Å². The van der Waals surface area contributed by atoms with Gasteiger partial charge in [-0.3, -0.25) is 0 Å². The third-order valence-corrected chi connectivity index (χ3v) is 7.09. The highest BCUT2D eigenvalue weighted by Gasteiger charge is 2.30. The topological polar surface area (TPSA) is 9.23 Å². The van der Waals surface area contributed by atoms with E-state index in [0.29, 0.717) is 0 Å². The molecule has 0 saturated heterocycles. The van der Waals surface area contributed by atoms with Gasteiger partial charge in [0.25, 0.3) is 0 Å². The molecule has 0 aromatic heterocycles. The molecular weight excluding hydrogens is 340 g/mol. The Hall–Kier alpha value is -1.34. The Kier molecular flexibility index (Phi) is 8.86. The van der Waals surface area contributed by atoms with E-state index in [1.165, 1.54) is 63.4 Å². The monoisotopic (exact) mass is 380 g/mol. The van der Waals surface area contributed by atoms with E-state index in [1.54, 1.807) is 5.56 Å². The molecule has 0 radical (unpaired) electrons. The molecule has 0 spiro atoms. The first kappa shape index (κ1) is 21.4. The zero-order valence-corrected chi connectivity index (χ0v) is 18.0. The molecule has 2 saturated carbocycles. The Balaban J connectivity index is 1.40. The van der Waals surface area contributed by atoms with Crippen molar-refractivity contribution in [2.24, 2.45) is 17.8 Å². The summed E-state index contributed by atoms with van der Waals surface area (Å²) >= 11 is 0. The minimum atomic E-state index is 0.719. The predicted octanol–water partition coefficient (Wildman–Crippen LogP) is 7.83. The predicted molar refractivity (Wildman–Crippen MR) is 120 cm³/mol. The molecule has 0 N–H and O–H groups in total. The highest BCUT2D eigenvalue weighted by atomic mass is 16.5. The molecule has 1 aromatic rings. The van der Waals surface area contributed by atoms with Crippen LogP contribution in [-0.2, 0) is 11.3 Å². The first-order valence-electron chi connectivity index (χ1n) is 11.7. The van der Waals surface area contributed by atoms with Crippen molar-refractivity contribution in [1.29, 1.82) is 0 Å². The second-order valence-corrected chi connectivity index (χ2v) is 8.99. The molecule has 1 heteroatoms. The number of hydrogen-bond donors (Lipinski definition) is 0.